The molecule has 0 aliphatic carbocycles. The van der Waals surface area contributed by atoms with Gasteiger partial charge in [0, 0.05) is 43.0 Å². The summed E-state index contributed by atoms with van der Waals surface area (Å²) in [7, 11) is -3.38. The van der Waals surface area contributed by atoms with Crippen LogP contribution in [0.2, 0.25) is 0 Å². The van der Waals surface area contributed by atoms with Crippen molar-refractivity contribution in [2.45, 2.75) is 10.2 Å². The fourth-order valence-corrected chi connectivity index (χ4v) is 4.38. The maximum Gasteiger partial charge on any atom is 0.240 e. The fourth-order valence-electron chi connectivity index (χ4n) is 2.00. The van der Waals surface area contributed by atoms with Gasteiger partial charge in [0.1, 0.15) is 0 Å². The second-order valence-corrected chi connectivity index (χ2v) is 8.18. The van der Waals surface area contributed by atoms with Gasteiger partial charge in [0.05, 0.1) is 4.90 Å². The zero-order valence-electron chi connectivity index (χ0n) is 11.2. The van der Waals surface area contributed by atoms with Gasteiger partial charge in [-0.2, -0.15) is 11.8 Å². The zero-order chi connectivity index (χ0) is 14.4. The summed E-state index contributed by atoms with van der Waals surface area (Å²) in [4.78, 5) is 2.63. The van der Waals surface area contributed by atoms with E-state index < -0.39 is 10.0 Å². The highest BCUT2D eigenvalue weighted by Gasteiger charge is 2.15. The van der Waals surface area contributed by atoms with Gasteiger partial charge in [-0.1, -0.05) is 28.1 Å². The third-order valence-electron chi connectivity index (χ3n) is 3.21. The van der Waals surface area contributed by atoms with Crippen molar-refractivity contribution >= 4 is 37.7 Å². The first-order chi connectivity index (χ1) is 9.62. The Morgan fingerprint density at radius 2 is 1.85 bits per heavy atom. The van der Waals surface area contributed by atoms with Crippen LogP contribution in [0.4, 0.5) is 0 Å². The van der Waals surface area contributed by atoms with Crippen LogP contribution in [0.1, 0.15) is 5.56 Å². The molecule has 20 heavy (non-hydrogen) atoms. The molecule has 1 saturated heterocycles. The monoisotopic (exact) mass is 378 g/mol. The Morgan fingerprint density at radius 3 is 2.45 bits per heavy atom. The van der Waals surface area contributed by atoms with Crippen LogP contribution < -0.4 is 4.72 Å². The molecule has 7 heteroatoms. The van der Waals surface area contributed by atoms with E-state index in [1.165, 1.54) is 0 Å². The van der Waals surface area contributed by atoms with E-state index in [1.54, 1.807) is 12.1 Å². The standard InChI is InChI=1S/C13H19BrN2O2S2/c14-11-12-1-3-13(4-2-12)20(17,18)15-5-6-16-7-9-19-10-8-16/h1-4,15H,5-11H2. The molecule has 0 amide bonds. The zero-order valence-corrected chi connectivity index (χ0v) is 14.4. The second kappa shape index (κ2) is 7.79. The summed E-state index contributed by atoms with van der Waals surface area (Å²) in [6.07, 6.45) is 0. The molecule has 0 spiro atoms. The third kappa shape index (κ3) is 4.73. The number of benzene rings is 1. The van der Waals surface area contributed by atoms with E-state index in [2.05, 4.69) is 25.6 Å². The number of hydrogen-bond acceptors (Lipinski definition) is 4. The summed E-state index contributed by atoms with van der Waals surface area (Å²) in [5.74, 6) is 2.28. The van der Waals surface area contributed by atoms with Crippen LogP contribution in [0.5, 0.6) is 0 Å². The molecule has 1 aromatic carbocycles. The number of rotatable bonds is 6. The molecule has 1 N–H and O–H groups in total. The maximum absolute atomic E-state index is 12.1. The summed E-state index contributed by atoms with van der Waals surface area (Å²) in [6, 6.07) is 6.95. The molecule has 2 rings (SSSR count). The number of sulfonamides is 1. The SMILES string of the molecule is O=S(=O)(NCCN1CCSCC1)c1ccc(CBr)cc1. The van der Waals surface area contributed by atoms with Crippen molar-refractivity contribution in [3.8, 4) is 0 Å². The largest absolute Gasteiger partial charge is 0.300 e. The van der Waals surface area contributed by atoms with Crippen LogP contribution in [0.15, 0.2) is 29.2 Å². The van der Waals surface area contributed by atoms with Gasteiger partial charge in [-0.05, 0) is 17.7 Å². The molecule has 112 valence electrons. The lowest BCUT2D eigenvalue weighted by Gasteiger charge is -2.25. The van der Waals surface area contributed by atoms with Gasteiger partial charge in [0.15, 0.2) is 0 Å². The van der Waals surface area contributed by atoms with E-state index in [-0.39, 0.29) is 0 Å². The lowest BCUT2D eigenvalue weighted by atomic mass is 10.2. The van der Waals surface area contributed by atoms with Gasteiger partial charge in [0.2, 0.25) is 10.0 Å². The minimum absolute atomic E-state index is 0.330. The first kappa shape index (κ1) is 16.3. The van der Waals surface area contributed by atoms with Crippen molar-refractivity contribution in [1.82, 2.24) is 9.62 Å². The van der Waals surface area contributed by atoms with Crippen LogP contribution in [-0.2, 0) is 15.4 Å². The van der Waals surface area contributed by atoms with Crippen LogP contribution >= 0.6 is 27.7 Å². The molecule has 0 aromatic heterocycles. The predicted molar refractivity (Wildman–Crippen MR) is 88.0 cm³/mol. The molecule has 0 unspecified atom stereocenters. The molecule has 1 heterocycles. The van der Waals surface area contributed by atoms with Crippen LogP contribution in [-0.4, -0.2) is 51.0 Å². The summed E-state index contributed by atoms with van der Waals surface area (Å²) in [5, 5.41) is 0.730. The lowest BCUT2D eigenvalue weighted by Crippen LogP contribution is -2.39. The Bertz CT molecular complexity index is 514. The molecule has 1 aliphatic heterocycles. The van der Waals surface area contributed by atoms with Gasteiger partial charge in [0.25, 0.3) is 0 Å². The maximum atomic E-state index is 12.1. The van der Waals surface area contributed by atoms with Gasteiger partial charge in [-0.3, -0.25) is 0 Å². The normalized spacial score (nSPS) is 17.2. The average molecular weight is 379 g/mol. The molecule has 0 bridgehead atoms. The number of alkyl halides is 1. The van der Waals surface area contributed by atoms with Gasteiger partial charge >= 0.3 is 0 Å². The highest BCUT2D eigenvalue weighted by atomic mass is 79.9. The first-order valence-corrected chi connectivity index (χ1v) is 10.3. The number of nitrogens with one attached hydrogen (secondary N) is 1. The van der Waals surface area contributed by atoms with Crippen molar-refractivity contribution in [3.63, 3.8) is 0 Å². The highest BCUT2D eigenvalue weighted by Crippen LogP contribution is 2.12. The molecule has 0 atom stereocenters. The van der Waals surface area contributed by atoms with Crippen LogP contribution in [0, 0.1) is 0 Å². The second-order valence-electron chi connectivity index (χ2n) is 4.63. The van der Waals surface area contributed by atoms with E-state index in [0.29, 0.717) is 11.4 Å². The van der Waals surface area contributed by atoms with Crippen molar-refractivity contribution in [3.05, 3.63) is 29.8 Å². The summed E-state index contributed by atoms with van der Waals surface area (Å²) < 4.78 is 26.9. The number of thioether (sulfide) groups is 1. The van der Waals surface area contributed by atoms with Gasteiger partial charge in [-0.15, -0.1) is 0 Å². The average Bonchev–Trinajstić information content (AvgIpc) is 2.48. The topological polar surface area (TPSA) is 49.4 Å². The Hall–Kier alpha value is -0.0800. The Balaban J connectivity index is 1.86. The van der Waals surface area contributed by atoms with E-state index in [4.69, 9.17) is 0 Å². The minimum atomic E-state index is -3.38. The van der Waals surface area contributed by atoms with Gasteiger partial charge < -0.3 is 4.90 Å². The summed E-state index contributed by atoms with van der Waals surface area (Å²) in [5.41, 5.74) is 1.06. The molecule has 1 aromatic rings. The molecular weight excluding hydrogens is 360 g/mol. The molecule has 0 saturated carbocycles. The van der Waals surface area contributed by atoms with E-state index in [0.717, 1.165) is 42.0 Å². The summed E-state index contributed by atoms with van der Waals surface area (Å²) >= 11 is 5.30. The quantitative estimate of drug-likeness (QED) is 0.768. The third-order valence-corrected chi connectivity index (χ3v) is 6.28. The molecule has 4 nitrogen and oxygen atoms in total. The predicted octanol–water partition coefficient (Wildman–Crippen LogP) is 1.91. The van der Waals surface area contributed by atoms with Crippen molar-refractivity contribution in [2.75, 3.05) is 37.7 Å². The number of halogens is 1. The van der Waals surface area contributed by atoms with E-state index in [1.807, 2.05) is 23.9 Å². The first-order valence-electron chi connectivity index (χ1n) is 6.56. The number of nitrogens with zero attached hydrogens (tertiary/aromatic N) is 1. The van der Waals surface area contributed by atoms with Gasteiger partial charge in [-0.25, -0.2) is 13.1 Å². The Kier molecular flexibility index (Phi) is 6.35. The fraction of sp³-hybridized carbons (Fsp3) is 0.538. The van der Waals surface area contributed by atoms with E-state index in [9.17, 15) is 8.42 Å². The smallest absolute Gasteiger partial charge is 0.240 e. The number of hydrogen-bond donors (Lipinski definition) is 1. The van der Waals surface area contributed by atoms with Crippen LogP contribution in [0.25, 0.3) is 0 Å². The molecule has 1 aliphatic rings. The van der Waals surface area contributed by atoms with E-state index >= 15 is 0 Å². The van der Waals surface area contributed by atoms with Crippen LogP contribution in [0.3, 0.4) is 0 Å². The molecule has 0 radical (unpaired) electrons. The van der Waals surface area contributed by atoms with Crippen molar-refractivity contribution in [2.24, 2.45) is 0 Å². The molecular formula is C13H19BrN2O2S2. The Labute approximate surface area is 133 Å². The highest BCUT2D eigenvalue weighted by molar-refractivity contribution is 9.08. The summed E-state index contributed by atoms with van der Waals surface area (Å²) in [6.45, 7) is 3.34. The van der Waals surface area contributed by atoms with Crippen molar-refractivity contribution in [1.29, 1.82) is 0 Å². The Morgan fingerprint density at radius 1 is 1.20 bits per heavy atom. The molecule has 1 fully saturated rings. The minimum Gasteiger partial charge on any atom is -0.300 e. The van der Waals surface area contributed by atoms with Crippen molar-refractivity contribution < 1.29 is 8.42 Å². The lowest BCUT2D eigenvalue weighted by molar-refractivity contribution is 0.307.